The van der Waals surface area contributed by atoms with Gasteiger partial charge >= 0.3 is 0 Å². The SMILES string of the molecule is CC(C)C(C)(O)CN1CCCCCCC1. The first kappa shape index (κ1) is 13.0. The monoisotopic (exact) mass is 213 g/mol. The summed E-state index contributed by atoms with van der Waals surface area (Å²) in [5.74, 6) is 0.336. The lowest BCUT2D eigenvalue weighted by Crippen LogP contribution is -2.45. The fraction of sp³-hybridized carbons (Fsp3) is 1.00. The molecule has 0 amide bonds. The third-order valence-corrected chi connectivity index (χ3v) is 3.74. The minimum absolute atomic E-state index is 0.336. The van der Waals surface area contributed by atoms with Crippen LogP contribution in [0.15, 0.2) is 0 Å². The van der Waals surface area contributed by atoms with Crippen molar-refractivity contribution in [2.75, 3.05) is 19.6 Å². The van der Waals surface area contributed by atoms with Crippen molar-refractivity contribution in [3.05, 3.63) is 0 Å². The molecule has 2 nitrogen and oxygen atoms in total. The zero-order valence-electron chi connectivity index (χ0n) is 10.6. The van der Waals surface area contributed by atoms with E-state index in [9.17, 15) is 5.11 Å². The molecule has 0 saturated carbocycles. The quantitative estimate of drug-likeness (QED) is 0.779. The Hall–Kier alpha value is -0.0800. The number of nitrogens with zero attached hydrogens (tertiary/aromatic N) is 1. The van der Waals surface area contributed by atoms with E-state index in [1.165, 1.54) is 45.2 Å². The van der Waals surface area contributed by atoms with Gasteiger partial charge in [0.1, 0.15) is 0 Å². The summed E-state index contributed by atoms with van der Waals surface area (Å²) in [4.78, 5) is 2.44. The highest BCUT2D eigenvalue weighted by atomic mass is 16.3. The van der Waals surface area contributed by atoms with E-state index in [-0.39, 0.29) is 0 Å². The molecule has 1 N–H and O–H groups in total. The van der Waals surface area contributed by atoms with Crippen LogP contribution in [0.3, 0.4) is 0 Å². The maximum absolute atomic E-state index is 10.3. The molecule has 1 aliphatic rings. The van der Waals surface area contributed by atoms with Crippen LogP contribution in [0.2, 0.25) is 0 Å². The molecule has 1 fully saturated rings. The molecule has 90 valence electrons. The minimum atomic E-state index is -0.529. The van der Waals surface area contributed by atoms with Crippen molar-refractivity contribution >= 4 is 0 Å². The summed E-state index contributed by atoms with van der Waals surface area (Å²) in [6, 6.07) is 0. The summed E-state index contributed by atoms with van der Waals surface area (Å²) >= 11 is 0. The Labute approximate surface area is 94.7 Å². The predicted molar refractivity (Wildman–Crippen MR) is 65.0 cm³/mol. The normalized spacial score (nSPS) is 24.6. The zero-order chi connectivity index (χ0) is 11.3. The summed E-state index contributed by atoms with van der Waals surface area (Å²) in [7, 11) is 0. The molecule has 0 spiro atoms. The Morgan fingerprint density at radius 2 is 1.53 bits per heavy atom. The van der Waals surface area contributed by atoms with Gasteiger partial charge in [-0.05, 0) is 38.8 Å². The highest BCUT2D eigenvalue weighted by Crippen LogP contribution is 2.19. The van der Waals surface area contributed by atoms with Crippen LogP contribution < -0.4 is 0 Å². The molecule has 1 aliphatic heterocycles. The van der Waals surface area contributed by atoms with Gasteiger partial charge < -0.3 is 10.0 Å². The number of hydrogen-bond donors (Lipinski definition) is 1. The highest BCUT2D eigenvalue weighted by molar-refractivity contribution is 4.81. The first-order valence-corrected chi connectivity index (χ1v) is 6.47. The molecule has 0 radical (unpaired) electrons. The van der Waals surface area contributed by atoms with Crippen molar-refractivity contribution in [1.29, 1.82) is 0 Å². The molecule has 1 heterocycles. The third kappa shape index (κ3) is 4.52. The van der Waals surface area contributed by atoms with Gasteiger partial charge in [-0.3, -0.25) is 0 Å². The summed E-state index contributed by atoms with van der Waals surface area (Å²) in [6.07, 6.45) is 6.72. The molecule has 0 aromatic carbocycles. The summed E-state index contributed by atoms with van der Waals surface area (Å²) in [6.45, 7) is 9.35. The van der Waals surface area contributed by atoms with E-state index < -0.39 is 5.60 Å². The standard InChI is InChI=1S/C13H27NO/c1-12(2)13(3,15)11-14-9-7-5-4-6-8-10-14/h12,15H,4-11H2,1-3H3. The Balaban J connectivity index is 2.40. The van der Waals surface area contributed by atoms with Gasteiger partial charge in [-0.15, -0.1) is 0 Å². The molecule has 0 aliphatic carbocycles. The van der Waals surface area contributed by atoms with Crippen LogP contribution >= 0.6 is 0 Å². The Kier molecular flexibility index (Phi) is 5.07. The smallest absolute Gasteiger partial charge is 0.0768 e. The maximum Gasteiger partial charge on any atom is 0.0768 e. The Morgan fingerprint density at radius 1 is 1.07 bits per heavy atom. The van der Waals surface area contributed by atoms with Crippen LogP contribution in [0, 0.1) is 5.92 Å². The summed E-state index contributed by atoms with van der Waals surface area (Å²) in [5, 5.41) is 10.3. The van der Waals surface area contributed by atoms with Gasteiger partial charge in [-0.25, -0.2) is 0 Å². The van der Waals surface area contributed by atoms with Crippen LogP contribution in [-0.4, -0.2) is 35.2 Å². The topological polar surface area (TPSA) is 23.5 Å². The molecular weight excluding hydrogens is 186 g/mol. The van der Waals surface area contributed by atoms with E-state index in [4.69, 9.17) is 0 Å². The third-order valence-electron chi connectivity index (χ3n) is 3.74. The predicted octanol–water partition coefficient (Wildman–Crippen LogP) is 2.66. The highest BCUT2D eigenvalue weighted by Gasteiger charge is 2.27. The Morgan fingerprint density at radius 3 is 2.00 bits per heavy atom. The molecule has 1 rings (SSSR count). The minimum Gasteiger partial charge on any atom is -0.389 e. The van der Waals surface area contributed by atoms with E-state index in [1.54, 1.807) is 0 Å². The van der Waals surface area contributed by atoms with Crippen LogP contribution in [0.1, 0.15) is 52.9 Å². The van der Waals surface area contributed by atoms with Crippen molar-refractivity contribution in [3.8, 4) is 0 Å². The molecule has 1 unspecified atom stereocenters. The van der Waals surface area contributed by atoms with Crippen molar-refractivity contribution in [2.45, 2.75) is 58.5 Å². The van der Waals surface area contributed by atoms with E-state index in [0.717, 1.165) is 6.54 Å². The molecule has 0 aromatic rings. The van der Waals surface area contributed by atoms with Crippen molar-refractivity contribution in [3.63, 3.8) is 0 Å². The van der Waals surface area contributed by atoms with Gasteiger partial charge in [0.2, 0.25) is 0 Å². The van der Waals surface area contributed by atoms with Crippen LogP contribution in [-0.2, 0) is 0 Å². The average Bonchev–Trinajstić information content (AvgIpc) is 2.09. The second-order valence-electron chi connectivity index (χ2n) is 5.56. The average molecular weight is 213 g/mol. The number of hydrogen-bond acceptors (Lipinski definition) is 2. The van der Waals surface area contributed by atoms with E-state index in [0.29, 0.717) is 5.92 Å². The molecule has 1 saturated heterocycles. The molecule has 15 heavy (non-hydrogen) atoms. The zero-order valence-corrected chi connectivity index (χ0v) is 10.6. The largest absolute Gasteiger partial charge is 0.389 e. The van der Waals surface area contributed by atoms with Gasteiger partial charge in [-0.2, -0.15) is 0 Å². The van der Waals surface area contributed by atoms with Crippen LogP contribution in [0.25, 0.3) is 0 Å². The van der Waals surface area contributed by atoms with Crippen molar-refractivity contribution < 1.29 is 5.11 Å². The fourth-order valence-corrected chi connectivity index (χ4v) is 2.11. The lowest BCUT2D eigenvalue weighted by atomic mass is 9.91. The van der Waals surface area contributed by atoms with Crippen molar-refractivity contribution in [1.82, 2.24) is 4.90 Å². The number of likely N-dealkylation sites (tertiary alicyclic amines) is 1. The van der Waals surface area contributed by atoms with Gasteiger partial charge in [0.25, 0.3) is 0 Å². The van der Waals surface area contributed by atoms with Crippen LogP contribution in [0.5, 0.6) is 0 Å². The maximum atomic E-state index is 10.3. The fourth-order valence-electron chi connectivity index (χ4n) is 2.11. The summed E-state index contributed by atoms with van der Waals surface area (Å²) in [5.41, 5.74) is -0.529. The molecular formula is C13H27NO. The number of rotatable bonds is 3. The van der Waals surface area contributed by atoms with E-state index in [2.05, 4.69) is 18.7 Å². The molecule has 2 heteroatoms. The Bertz CT molecular complexity index is 169. The molecule has 1 atom stereocenters. The lowest BCUT2D eigenvalue weighted by molar-refractivity contribution is -0.0202. The van der Waals surface area contributed by atoms with Crippen LogP contribution in [0.4, 0.5) is 0 Å². The second kappa shape index (κ2) is 5.86. The van der Waals surface area contributed by atoms with E-state index in [1.807, 2.05) is 6.92 Å². The molecule has 0 bridgehead atoms. The lowest BCUT2D eigenvalue weighted by Gasteiger charge is -2.35. The number of aliphatic hydroxyl groups is 1. The first-order chi connectivity index (χ1) is 7.02. The van der Waals surface area contributed by atoms with Gasteiger partial charge in [0.15, 0.2) is 0 Å². The van der Waals surface area contributed by atoms with Gasteiger partial charge in [0, 0.05) is 6.54 Å². The number of β-amino-alcohol motifs (C(OH)–C–C–N with tert-alkyl or cyclic N) is 1. The first-order valence-electron chi connectivity index (χ1n) is 6.47. The van der Waals surface area contributed by atoms with Crippen molar-refractivity contribution in [2.24, 2.45) is 5.92 Å². The van der Waals surface area contributed by atoms with Gasteiger partial charge in [-0.1, -0.05) is 33.1 Å². The van der Waals surface area contributed by atoms with Gasteiger partial charge in [0.05, 0.1) is 5.60 Å². The second-order valence-corrected chi connectivity index (χ2v) is 5.56. The van der Waals surface area contributed by atoms with E-state index >= 15 is 0 Å². The molecule has 0 aromatic heterocycles. The summed E-state index contributed by atoms with van der Waals surface area (Å²) < 4.78 is 0.